The number of benzene rings is 1. The van der Waals surface area contributed by atoms with Crippen LogP contribution in [-0.2, 0) is 9.53 Å². The van der Waals surface area contributed by atoms with Crippen LogP contribution in [-0.4, -0.2) is 17.1 Å². The maximum Gasteiger partial charge on any atom is 0.338 e. The van der Waals surface area contributed by atoms with Crippen molar-refractivity contribution in [3.05, 3.63) is 88.2 Å². The Morgan fingerprint density at radius 1 is 1.31 bits per heavy atom. The van der Waals surface area contributed by atoms with Gasteiger partial charge in [-0.2, -0.15) is 11.3 Å². The van der Waals surface area contributed by atoms with E-state index in [0.717, 1.165) is 11.1 Å². The first-order valence-corrected chi connectivity index (χ1v) is 11.1. The maximum atomic E-state index is 13.3. The van der Waals surface area contributed by atoms with Crippen LogP contribution in [0.1, 0.15) is 31.0 Å². The molecule has 5 nitrogen and oxygen atoms in total. The van der Waals surface area contributed by atoms with Gasteiger partial charge in [-0.25, -0.2) is 9.79 Å². The van der Waals surface area contributed by atoms with Crippen molar-refractivity contribution in [3.8, 4) is 0 Å². The smallest absolute Gasteiger partial charge is 0.338 e. The average Bonchev–Trinajstić information content (AvgIpc) is 3.30. The fraction of sp³-hybridized carbons (Fsp3) is 0.190. The largest absolute Gasteiger partial charge is 0.463 e. The van der Waals surface area contributed by atoms with Crippen molar-refractivity contribution < 1.29 is 9.53 Å². The molecule has 0 spiro atoms. The molecule has 0 bridgehead atoms. The van der Waals surface area contributed by atoms with E-state index >= 15 is 0 Å². The minimum atomic E-state index is -0.618. The van der Waals surface area contributed by atoms with Crippen molar-refractivity contribution in [2.45, 2.75) is 19.9 Å². The van der Waals surface area contributed by atoms with Gasteiger partial charge in [-0.05, 0) is 60.0 Å². The van der Waals surface area contributed by atoms with Gasteiger partial charge >= 0.3 is 5.97 Å². The molecule has 148 valence electrons. The number of ether oxygens (including phenoxy) is 1. The molecule has 0 amide bonds. The highest BCUT2D eigenvalue weighted by Crippen LogP contribution is 2.31. The number of nitrogens with zero attached hydrogens (tertiary/aromatic N) is 2. The molecule has 0 saturated carbocycles. The van der Waals surface area contributed by atoms with Crippen molar-refractivity contribution in [1.82, 2.24) is 4.57 Å². The number of halogens is 1. The molecule has 29 heavy (non-hydrogen) atoms. The van der Waals surface area contributed by atoms with Gasteiger partial charge in [0.15, 0.2) is 4.80 Å². The molecule has 1 aromatic carbocycles. The van der Waals surface area contributed by atoms with E-state index in [4.69, 9.17) is 16.3 Å². The summed E-state index contributed by atoms with van der Waals surface area (Å²) in [5.74, 6) is -0.471. The lowest BCUT2D eigenvalue weighted by Crippen LogP contribution is -2.39. The van der Waals surface area contributed by atoms with E-state index in [-0.39, 0.29) is 12.2 Å². The first kappa shape index (κ1) is 19.8. The maximum absolute atomic E-state index is 13.3. The fourth-order valence-corrected chi connectivity index (χ4v) is 5.05. The van der Waals surface area contributed by atoms with Crippen LogP contribution < -0.4 is 14.9 Å². The van der Waals surface area contributed by atoms with Crippen LogP contribution in [0.25, 0.3) is 6.08 Å². The normalized spacial score (nSPS) is 16.5. The minimum Gasteiger partial charge on any atom is -0.463 e. The van der Waals surface area contributed by atoms with E-state index in [1.54, 1.807) is 41.9 Å². The number of hydrogen-bond acceptors (Lipinski definition) is 6. The highest BCUT2D eigenvalue weighted by Gasteiger charge is 2.33. The molecule has 0 saturated heterocycles. The number of allylic oxidation sites excluding steroid dienone is 1. The molecule has 0 fully saturated rings. The van der Waals surface area contributed by atoms with Gasteiger partial charge in [0.1, 0.15) is 0 Å². The van der Waals surface area contributed by atoms with Crippen molar-refractivity contribution in [2.24, 2.45) is 4.99 Å². The minimum absolute atomic E-state index is 0.186. The van der Waals surface area contributed by atoms with Crippen LogP contribution in [0, 0.1) is 0 Å². The van der Waals surface area contributed by atoms with Crippen LogP contribution in [0.2, 0.25) is 5.02 Å². The SMILES string of the molecule is CCOC(=O)C1=C(C)N=c2s/c(=C/c3ccsc3)c(=O)n2[C@@H]1c1ccc(Cl)cc1. The molecule has 0 N–H and O–H groups in total. The molecule has 3 heterocycles. The van der Waals surface area contributed by atoms with Crippen LogP contribution in [0.15, 0.2) is 62.1 Å². The van der Waals surface area contributed by atoms with Crippen molar-refractivity contribution >= 4 is 46.3 Å². The first-order valence-electron chi connectivity index (χ1n) is 8.97. The number of rotatable bonds is 4. The third-order valence-corrected chi connectivity index (χ3v) is 6.48. The third kappa shape index (κ3) is 3.73. The number of esters is 1. The molecular formula is C21H17ClN2O3S2. The van der Waals surface area contributed by atoms with E-state index in [9.17, 15) is 9.59 Å². The quantitative estimate of drug-likeness (QED) is 0.578. The van der Waals surface area contributed by atoms with Crippen LogP contribution >= 0.6 is 34.3 Å². The zero-order valence-corrected chi connectivity index (χ0v) is 18.1. The number of thiophene rings is 1. The number of fused-ring (bicyclic) bond motifs is 1. The molecule has 1 aliphatic heterocycles. The fourth-order valence-electron chi connectivity index (χ4n) is 3.26. The molecule has 0 radical (unpaired) electrons. The van der Waals surface area contributed by atoms with Gasteiger partial charge in [0, 0.05) is 5.02 Å². The number of thiazole rings is 1. The predicted molar refractivity (Wildman–Crippen MR) is 116 cm³/mol. The Balaban J connectivity index is 1.97. The van der Waals surface area contributed by atoms with Crippen LogP contribution in [0.3, 0.4) is 0 Å². The summed E-state index contributed by atoms with van der Waals surface area (Å²) in [6.07, 6.45) is 1.85. The first-order chi connectivity index (χ1) is 14.0. The van der Waals surface area contributed by atoms with Crippen LogP contribution in [0.5, 0.6) is 0 Å². The lowest BCUT2D eigenvalue weighted by Gasteiger charge is -2.24. The number of carbonyl (C=O) groups excluding carboxylic acids is 1. The Morgan fingerprint density at radius 3 is 2.72 bits per heavy atom. The predicted octanol–water partition coefficient (Wildman–Crippen LogP) is 3.51. The van der Waals surface area contributed by atoms with Gasteiger partial charge in [-0.3, -0.25) is 9.36 Å². The van der Waals surface area contributed by atoms with E-state index < -0.39 is 12.0 Å². The van der Waals surface area contributed by atoms with Gasteiger partial charge in [-0.15, -0.1) is 0 Å². The van der Waals surface area contributed by atoms with E-state index in [2.05, 4.69) is 4.99 Å². The van der Waals surface area contributed by atoms with Gasteiger partial charge in [0.05, 0.1) is 28.5 Å². The molecule has 0 unspecified atom stereocenters. The molecule has 3 aromatic rings. The molecule has 0 aliphatic carbocycles. The van der Waals surface area contributed by atoms with Crippen molar-refractivity contribution in [3.63, 3.8) is 0 Å². The summed E-state index contributed by atoms with van der Waals surface area (Å²) in [4.78, 5) is 31.2. The van der Waals surface area contributed by atoms with E-state index in [1.165, 1.54) is 11.3 Å². The highest BCUT2D eigenvalue weighted by atomic mass is 35.5. The standard InChI is InChI=1S/C21H17ClN2O3S2/c1-3-27-20(26)17-12(2)23-21-24(18(17)14-4-6-15(22)7-5-14)19(25)16(29-21)10-13-8-9-28-11-13/h4-11,18H,3H2,1-2H3/b16-10+/t18-/m1/s1. The van der Waals surface area contributed by atoms with Gasteiger partial charge in [0.25, 0.3) is 5.56 Å². The van der Waals surface area contributed by atoms with Crippen LogP contribution in [0.4, 0.5) is 0 Å². The Hall–Kier alpha value is -2.48. The Kier molecular flexibility index (Phi) is 5.54. The summed E-state index contributed by atoms with van der Waals surface area (Å²) in [6, 6.07) is 8.47. The average molecular weight is 445 g/mol. The summed E-state index contributed by atoms with van der Waals surface area (Å²) in [7, 11) is 0. The second-order valence-electron chi connectivity index (χ2n) is 6.41. The Labute approximate surface area is 179 Å². The summed E-state index contributed by atoms with van der Waals surface area (Å²) >= 11 is 8.93. The zero-order chi connectivity index (χ0) is 20.5. The van der Waals surface area contributed by atoms with Gasteiger partial charge in [0.2, 0.25) is 0 Å². The van der Waals surface area contributed by atoms with E-state index in [0.29, 0.717) is 25.6 Å². The number of aromatic nitrogens is 1. The molecule has 1 aliphatic rings. The Bertz CT molecular complexity index is 1270. The summed E-state index contributed by atoms with van der Waals surface area (Å²) in [6.45, 7) is 3.76. The lowest BCUT2D eigenvalue weighted by atomic mass is 9.96. The number of hydrogen-bond donors (Lipinski definition) is 0. The molecular weight excluding hydrogens is 428 g/mol. The van der Waals surface area contributed by atoms with Crippen molar-refractivity contribution in [2.75, 3.05) is 6.61 Å². The Morgan fingerprint density at radius 2 is 2.07 bits per heavy atom. The monoisotopic (exact) mass is 444 g/mol. The van der Waals surface area contributed by atoms with Gasteiger partial charge < -0.3 is 4.74 Å². The van der Waals surface area contributed by atoms with E-state index in [1.807, 2.05) is 35.0 Å². The topological polar surface area (TPSA) is 60.7 Å². The zero-order valence-electron chi connectivity index (χ0n) is 15.7. The lowest BCUT2D eigenvalue weighted by molar-refractivity contribution is -0.139. The molecule has 8 heteroatoms. The second kappa shape index (κ2) is 8.10. The van der Waals surface area contributed by atoms with Crippen molar-refractivity contribution in [1.29, 1.82) is 0 Å². The van der Waals surface area contributed by atoms with Gasteiger partial charge in [-0.1, -0.05) is 35.1 Å². The summed E-state index contributed by atoms with van der Waals surface area (Å²) < 4.78 is 7.42. The summed E-state index contributed by atoms with van der Waals surface area (Å²) in [5, 5.41) is 4.52. The molecule has 4 rings (SSSR count). The third-order valence-electron chi connectivity index (χ3n) is 4.54. The molecule has 1 atom stereocenters. The second-order valence-corrected chi connectivity index (χ2v) is 8.64. The summed E-state index contributed by atoms with van der Waals surface area (Å²) in [5.41, 5.74) is 2.46. The highest BCUT2D eigenvalue weighted by molar-refractivity contribution is 7.08. The number of carbonyl (C=O) groups is 1. The molecule has 2 aromatic heterocycles.